The predicted octanol–water partition coefficient (Wildman–Crippen LogP) is 5.14. The number of fused-ring (bicyclic) bond motifs is 1. The van der Waals surface area contributed by atoms with Gasteiger partial charge in [0.1, 0.15) is 0 Å². The fourth-order valence-corrected chi connectivity index (χ4v) is 2.43. The molecule has 0 unspecified atom stereocenters. The molecule has 0 saturated heterocycles. The lowest BCUT2D eigenvalue weighted by Gasteiger charge is -2.11. The maximum absolute atomic E-state index is 10.9. The minimum atomic E-state index is -0.924. The van der Waals surface area contributed by atoms with Gasteiger partial charge in [0.25, 0.3) is 0 Å². The SMILES string of the molecule is Cc1ccc2nc(C)cc(Nc3ccc(C(=O)O)cc3)c2c1.Cl.Cl. The molecule has 3 aromatic rings. The van der Waals surface area contributed by atoms with Crippen molar-refractivity contribution in [3.63, 3.8) is 0 Å². The van der Waals surface area contributed by atoms with E-state index in [1.54, 1.807) is 24.3 Å². The topological polar surface area (TPSA) is 62.2 Å². The Balaban J connectivity index is 0.00000144. The summed E-state index contributed by atoms with van der Waals surface area (Å²) in [5.41, 5.74) is 5.13. The number of hydrogen-bond donors (Lipinski definition) is 2. The number of carboxylic acids is 1. The first kappa shape index (κ1) is 19.7. The van der Waals surface area contributed by atoms with Crippen molar-refractivity contribution in [3.05, 3.63) is 65.4 Å². The minimum absolute atomic E-state index is 0. The van der Waals surface area contributed by atoms with Crippen LogP contribution >= 0.6 is 24.8 Å². The lowest BCUT2D eigenvalue weighted by Crippen LogP contribution is -1.98. The molecule has 4 nitrogen and oxygen atoms in total. The van der Waals surface area contributed by atoms with Crippen LogP contribution in [-0.2, 0) is 0 Å². The normalized spacial score (nSPS) is 9.75. The van der Waals surface area contributed by atoms with Crippen molar-refractivity contribution < 1.29 is 9.90 Å². The van der Waals surface area contributed by atoms with Gasteiger partial charge < -0.3 is 10.4 Å². The van der Waals surface area contributed by atoms with E-state index < -0.39 is 5.97 Å². The van der Waals surface area contributed by atoms with E-state index in [4.69, 9.17) is 5.11 Å². The summed E-state index contributed by atoms with van der Waals surface area (Å²) in [7, 11) is 0. The van der Waals surface area contributed by atoms with Gasteiger partial charge in [0.05, 0.1) is 11.1 Å². The number of benzene rings is 2. The summed E-state index contributed by atoms with van der Waals surface area (Å²) in [5, 5.41) is 13.3. The Kier molecular flexibility index (Phi) is 6.58. The van der Waals surface area contributed by atoms with Crippen LogP contribution in [-0.4, -0.2) is 16.1 Å². The Bertz CT molecular complexity index is 865. The Labute approximate surface area is 152 Å². The van der Waals surface area contributed by atoms with E-state index in [2.05, 4.69) is 16.4 Å². The summed E-state index contributed by atoms with van der Waals surface area (Å²) in [6.45, 7) is 4.00. The van der Waals surface area contributed by atoms with Crippen molar-refractivity contribution in [1.29, 1.82) is 0 Å². The van der Waals surface area contributed by atoms with Gasteiger partial charge in [0, 0.05) is 22.5 Å². The zero-order valence-corrected chi connectivity index (χ0v) is 14.9. The molecule has 0 aliphatic heterocycles. The Hall–Kier alpha value is -2.30. The third-order valence-electron chi connectivity index (χ3n) is 3.50. The molecular formula is C18H18Cl2N2O2. The highest BCUT2D eigenvalue weighted by Crippen LogP contribution is 2.27. The molecule has 0 fully saturated rings. The average Bonchev–Trinajstić information content (AvgIpc) is 2.48. The van der Waals surface area contributed by atoms with Gasteiger partial charge in [-0.05, 0) is 56.3 Å². The molecule has 126 valence electrons. The van der Waals surface area contributed by atoms with Gasteiger partial charge in [-0.25, -0.2) is 4.79 Å². The van der Waals surface area contributed by atoms with Crippen molar-refractivity contribution in [1.82, 2.24) is 4.98 Å². The van der Waals surface area contributed by atoms with Crippen molar-refractivity contribution in [3.8, 4) is 0 Å². The fourth-order valence-electron chi connectivity index (χ4n) is 2.43. The van der Waals surface area contributed by atoms with Gasteiger partial charge in [-0.3, -0.25) is 4.98 Å². The Morgan fingerprint density at radius 2 is 1.67 bits per heavy atom. The van der Waals surface area contributed by atoms with Gasteiger partial charge in [0.15, 0.2) is 0 Å². The number of nitrogens with one attached hydrogen (secondary N) is 1. The summed E-state index contributed by atoms with van der Waals surface area (Å²) in [6.07, 6.45) is 0. The maximum Gasteiger partial charge on any atom is 0.335 e. The maximum atomic E-state index is 10.9. The van der Waals surface area contributed by atoms with E-state index in [0.717, 1.165) is 28.0 Å². The zero-order chi connectivity index (χ0) is 15.7. The second kappa shape index (κ2) is 7.99. The second-order valence-corrected chi connectivity index (χ2v) is 5.34. The van der Waals surface area contributed by atoms with Gasteiger partial charge in [-0.2, -0.15) is 0 Å². The van der Waals surface area contributed by atoms with Crippen LogP contribution in [0.1, 0.15) is 21.6 Å². The molecule has 3 rings (SSSR count). The number of pyridine rings is 1. The Morgan fingerprint density at radius 1 is 1.00 bits per heavy atom. The lowest BCUT2D eigenvalue weighted by atomic mass is 10.1. The van der Waals surface area contributed by atoms with Crippen LogP contribution in [0.4, 0.5) is 11.4 Å². The molecule has 0 aliphatic rings. The molecule has 1 aromatic heterocycles. The van der Waals surface area contributed by atoms with Crippen LogP contribution in [0.25, 0.3) is 10.9 Å². The third kappa shape index (κ3) is 4.16. The molecule has 0 radical (unpaired) electrons. The molecule has 2 aromatic carbocycles. The number of halogens is 2. The summed E-state index contributed by atoms with van der Waals surface area (Å²) in [4.78, 5) is 15.4. The number of aromatic carboxylic acids is 1. The van der Waals surface area contributed by atoms with E-state index in [9.17, 15) is 4.79 Å². The van der Waals surface area contributed by atoms with E-state index in [0.29, 0.717) is 0 Å². The van der Waals surface area contributed by atoms with Crippen molar-refractivity contribution in [2.45, 2.75) is 13.8 Å². The molecule has 0 aliphatic carbocycles. The molecule has 1 heterocycles. The predicted molar refractivity (Wildman–Crippen MR) is 102 cm³/mol. The van der Waals surface area contributed by atoms with Crippen molar-refractivity contribution in [2.75, 3.05) is 5.32 Å². The molecule has 0 bridgehead atoms. The quantitative estimate of drug-likeness (QED) is 0.675. The van der Waals surface area contributed by atoms with Crippen molar-refractivity contribution >= 4 is 53.1 Å². The third-order valence-corrected chi connectivity index (χ3v) is 3.50. The number of hydrogen-bond acceptors (Lipinski definition) is 3. The Morgan fingerprint density at radius 3 is 2.29 bits per heavy atom. The number of rotatable bonds is 3. The molecule has 2 N–H and O–H groups in total. The van der Waals surface area contributed by atoms with Crippen LogP contribution in [0.3, 0.4) is 0 Å². The van der Waals surface area contributed by atoms with E-state index in [-0.39, 0.29) is 30.4 Å². The van der Waals surface area contributed by atoms with Crippen LogP contribution in [0.15, 0.2) is 48.5 Å². The van der Waals surface area contributed by atoms with Crippen molar-refractivity contribution in [2.24, 2.45) is 0 Å². The highest BCUT2D eigenvalue weighted by molar-refractivity contribution is 5.94. The highest BCUT2D eigenvalue weighted by atomic mass is 35.5. The molecular weight excluding hydrogens is 347 g/mol. The first-order valence-corrected chi connectivity index (χ1v) is 7.01. The summed E-state index contributed by atoms with van der Waals surface area (Å²) in [5.74, 6) is -0.924. The summed E-state index contributed by atoms with van der Waals surface area (Å²) >= 11 is 0. The van der Waals surface area contributed by atoms with Crippen LogP contribution in [0, 0.1) is 13.8 Å². The summed E-state index contributed by atoms with van der Waals surface area (Å²) < 4.78 is 0. The van der Waals surface area contributed by atoms with Crippen LogP contribution in [0.2, 0.25) is 0 Å². The zero-order valence-electron chi connectivity index (χ0n) is 13.2. The largest absolute Gasteiger partial charge is 0.478 e. The standard InChI is InChI=1S/C18H16N2O2.2ClH/c1-11-3-8-16-15(9-11)17(10-12(2)19-16)20-14-6-4-13(5-7-14)18(21)22;;/h3-10H,1-2H3,(H,19,20)(H,21,22);2*1H. The van der Waals surface area contributed by atoms with Crippen LogP contribution < -0.4 is 5.32 Å². The number of aromatic nitrogens is 1. The number of anilines is 2. The lowest BCUT2D eigenvalue weighted by molar-refractivity contribution is 0.0697. The van der Waals surface area contributed by atoms with Gasteiger partial charge in [-0.1, -0.05) is 11.6 Å². The molecule has 0 saturated carbocycles. The highest BCUT2D eigenvalue weighted by Gasteiger charge is 2.06. The number of nitrogens with zero attached hydrogens (tertiary/aromatic N) is 1. The number of aryl methyl sites for hydroxylation is 2. The van der Waals surface area contributed by atoms with Gasteiger partial charge in [-0.15, -0.1) is 24.8 Å². The van der Waals surface area contributed by atoms with E-state index in [1.165, 1.54) is 5.56 Å². The van der Waals surface area contributed by atoms with Gasteiger partial charge >= 0.3 is 5.97 Å². The minimum Gasteiger partial charge on any atom is -0.478 e. The number of carboxylic acid groups (broad SMARTS) is 1. The van der Waals surface area contributed by atoms with E-state index in [1.807, 2.05) is 32.0 Å². The second-order valence-electron chi connectivity index (χ2n) is 5.34. The molecule has 0 atom stereocenters. The molecule has 0 spiro atoms. The molecule has 0 amide bonds. The average molecular weight is 365 g/mol. The van der Waals surface area contributed by atoms with Gasteiger partial charge in [0.2, 0.25) is 0 Å². The first-order valence-electron chi connectivity index (χ1n) is 7.01. The first-order chi connectivity index (χ1) is 10.5. The molecule has 24 heavy (non-hydrogen) atoms. The summed E-state index contributed by atoms with van der Waals surface area (Å²) in [6, 6.07) is 14.8. The smallest absolute Gasteiger partial charge is 0.335 e. The van der Waals surface area contributed by atoms with Crippen LogP contribution in [0.5, 0.6) is 0 Å². The monoisotopic (exact) mass is 364 g/mol. The molecule has 6 heteroatoms. The number of carbonyl (C=O) groups is 1. The van der Waals surface area contributed by atoms with E-state index >= 15 is 0 Å². The fraction of sp³-hybridized carbons (Fsp3) is 0.111.